The highest BCUT2D eigenvalue weighted by Crippen LogP contribution is 2.30. The SMILES string of the molecule is Cc1cc(C)c(NC(=O)Nc2ccc(OC(F)(F)F)cc2)c(C(=O)NC2CCC(Nc3cc(N(C)C)c4ccccc4n3)CC2)c1. The van der Waals surface area contributed by atoms with Crippen molar-refractivity contribution in [2.24, 2.45) is 0 Å². The molecule has 1 aliphatic carbocycles. The summed E-state index contributed by atoms with van der Waals surface area (Å²) in [4.78, 5) is 33.2. The normalized spacial score (nSPS) is 16.4. The van der Waals surface area contributed by atoms with Gasteiger partial charge in [0.25, 0.3) is 5.91 Å². The van der Waals surface area contributed by atoms with Crippen molar-refractivity contribution in [1.29, 1.82) is 0 Å². The number of anilines is 4. The molecule has 0 aliphatic heterocycles. The molecule has 0 atom stereocenters. The first-order valence-corrected chi connectivity index (χ1v) is 15.0. The van der Waals surface area contributed by atoms with E-state index in [0.29, 0.717) is 16.8 Å². The number of halogens is 3. The molecule has 4 aromatic rings. The second-order valence-electron chi connectivity index (χ2n) is 11.8. The first-order valence-electron chi connectivity index (χ1n) is 15.0. The van der Waals surface area contributed by atoms with Crippen molar-refractivity contribution in [3.63, 3.8) is 0 Å². The van der Waals surface area contributed by atoms with E-state index in [9.17, 15) is 22.8 Å². The number of nitrogens with one attached hydrogen (secondary N) is 4. The van der Waals surface area contributed by atoms with Crippen molar-refractivity contribution in [2.45, 2.75) is 58.0 Å². The highest BCUT2D eigenvalue weighted by Gasteiger charge is 2.31. The first kappa shape index (κ1) is 32.4. The molecule has 3 aromatic carbocycles. The Balaban J connectivity index is 1.19. The second-order valence-corrected chi connectivity index (χ2v) is 11.8. The fourth-order valence-corrected chi connectivity index (χ4v) is 5.78. The molecule has 1 aliphatic rings. The van der Waals surface area contributed by atoms with Gasteiger partial charge < -0.3 is 30.9 Å². The minimum absolute atomic E-state index is 0.0348. The van der Waals surface area contributed by atoms with Gasteiger partial charge in [0.1, 0.15) is 11.6 Å². The number of urea groups is 1. The Morgan fingerprint density at radius 2 is 1.57 bits per heavy atom. The van der Waals surface area contributed by atoms with Crippen molar-refractivity contribution in [3.8, 4) is 5.75 Å². The predicted octanol–water partition coefficient (Wildman–Crippen LogP) is 7.61. The molecule has 4 N–H and O–H groups in total. The van der Waals surface area contributed by atoms with Crippen molar-refractivity contribution < 1.29 is 27.5 Å². The smallest absolute Gasteiger partial charge is 0.406 e. The van der Waals surface area contributed by atoms with E-state index < -0.39 is 18.1 Å². The maximum Gasteiger partial charge on any atom is 0.573 e. The summed E-state index contributed by atoms with van der Waals surface area (Å²) in [5.74, 6) is 0.129. The van der Waals surface area contributed by atoms with Gasteiger partial charge in [-0.15, -0.1) is 13.2 Å². The molecule has 46 heavy (non-hydrogen) atoms. The zero-order chi connectivity index (χ0) is 33.0. The molecule has 1 fully saturated rings. The van der Waals surface area contributed by atoms with Crippen LogP contribution >= 0.6 is 0 Å². The van der Waals surface area contributed by atoms with E-state index in [2.05, 4.69) is 43.0 Å². The molecule has 0 radical (unpaired) electrons. The summed E-state index contributed by atoms with van der Waals surface area (Å²) in [6.45, 7) is 3.67. The number of ether oxygens (including phenoxy) is 1. The van der Waals surface area contributed by atoms with E-state index in [-0.39, 0.29) is 23.7 Å². The van der Waals surface area contributed by atoms with E-state index in [0.717, 1.165) is 65.8 Å². The van der Waals surface area contributed by atoms with Crippen LogP contribution in [0.15, 0.2) is 66.7 Å². The van der Waals surface area contributed by atoms with Gasteiger partial charge in [-0.2, -0.15) is 0 Å². The Morgan fingerprint density at radius 1 is 0.891 bits per heavy atom. The third kappa shape index (κ3) is 8.17. The zero-order valence-corrected chi connectivity index (χ0v) is 26.1. The van der Waals surface area contributed by atoms with Gasteiger partial charge in [0.05, 0.1) is 16.8 Å². The number of carbonyl (C=O) groups is 2. The highest BCUT2D eigenvalue weighted by molar-refractivity contribution is 6.07. The van der Waals surface area contributed by atoms with E-state index >= 15 is 0 Å². The Kier molecular flexibility index (Phi) is 9.54. The zero-order valence-electron chi connectivity index (χ0n) is 26.1. The van der Waals surface area contributed by atoms with Crippen molar-refractivity contribution in [1.82, 2.24) is 10.3 Å². The predicted molar refractivity (Wildman–Crippen MR) is 175 cm³/mol. The number of fused-ring (bicyclic) bond motifs is 1. The summed E-state index contributed by atoms with van der Waals surface area (Å²) < 4.78 is 41.2. The average molecular weight is 635 g/mol. The largest absolute Gasteiger partial charge is 0.573 e. The highest BCUT2D eigenvalue weighted by atomic mass is 19.4. The van der Waals surface area contributed by atoms with Crippen LogP contribution in [-0.2, 0) is 0 Å². The fraction of sp³-hybridized carbons (Fsp3) is 0.324. The summed E-state index contributed by atoms with van der Waals surface area (Å²) in [6, 6.07) is 18.0. The van der Waals surface area contributed by atoms with Crippen molar-refractivity contribution in [3.05, 3.63) is 83.4 Å². The number of pyridine rings is 1. The Morgan fingerprint density at radius 3 is 2.24 bits per heavy atom. The molecule has 1 aromatic heterocycles. The van der Waals surface area contributed by atoms with Crippen molar-refractivity contribution >= 4 is 45.7 Å². The fourth-order valence-electron chi connectivity index (χ4n) is 5.78. The maximum atomic E-state index is 13.5. The number of alkyl halides is 3. The third-order valence-corrected chi connectivity index (χ3v) is 7.90. The monoisotopic (exact) mass is 634 g/mol. The summed E-state index contributed by atoms with van der Waals surface area (Å²) in [5, 5.41) is 13.2. The molecule has 1 heterocycles. The van der Waals surface area contributed by atoms with E-state index in [1.165, 1.54) is 12.1 Å². The average Bonchev–Trinajstić information content (AvgIpc) is 2.99. The number of para-hydroxylation sites is 1. The standard InChI is InChI=1S/C34H37F3N6O3/c1-20-17-21(2)31(42-33(45)40-24-13-15-25(16-14-24)46-34(35,36)37)27(18-20)32(44)39-23-11-9-22(10-12-23)38-30-19-29(43(3)4)26-7-5-6-8-28(26)41-30/h5-8,13-19,22-23H,9-12H2,1-4H3,(H,38,41)(H,39,44)(H2,40,42,45). The van der Waals surface area contributed by atoms with Crippen LogP contribution in [0, 0.1) is 13.8 Å². The lowest BCUT2D eigenvalue weighted by atomic mass is 9.90. The number of nitrogens with zero attached hydrogens (tertiary/aromatic N) is 2. The Hall–Kier alpha value is -5.00. The minimum Gasteiger partial charge on any atom is -0.406 e. The van der Waals surface area contributed by atoms with Crippen LogP contribution < -0.4 is 30.9 Å². The first-order chi connectivity index (χ1) is 21.8. The van der Waals surface area contributed by atoms with Gasteiger partial charge in [0.2, 0.25) is 0 Å². The van der Waals surface area contributed by atoms with Crippen LogP contribution in [0.1, 0.15) is 47.2 Å². The second kappa shape index (κ2) is 13.6. The third-order valence-electron chi connectivity index (χ3n) is 7.90. The van der Waals surface area contributed by atoms with Crippen LogP contribution in [-0.4, -0.2) is 49.5 Å². The molecular formula is C34H37F3N6O3. The van der Waals surface area contributed by atoms with E-state index in [4.69, 9.17) is 4.98 Å². The number of benzene rings is 3. The molecule has 5 rings (SSSR count). The number of carbonyl (C=O) groups excluding carboxylic acids is 2. The lowest BCUT2D eigenvalue weighted by molar-refractivity contribution is -0.274. The van der Waals surface area contributed by atoms with Crippen LogP contribution in [0.25, 0.3) is 10.9 Å². The molecule has 1 saturated carbocycles. The number of hydrogen-bond acceptors (Lipinski definition) is 6. The van der Waals surface area contributed by atoms with Crippen molar-refractivity contribution in [2.75, 3.05) is 34.9 Å². The molecule has 12 heteroatoms. The number of hydrogen-bond donors (Lipinski definition) is 4. The van der Waals surface area contributed by atoms with Gasteiger partial charge in [-0.3, -0.25) is 4.79 Å². The summed E-state index contributed by atoms with van der Waals surface area (Å²) >= 11 is 0. The van der Waals surface area contributed by atoms with Crippen LogP contribution in [0.2, 0.25) is 0 Å². The molecular weight excluding hydrogens is 597 g/mol. The van der Waals surface area contributed by atoms with Gasteiger partial charge in [0.15, 0.2) is 0 Å². The Bertz CT molecular complexity index is 1720. The van der Waals surface area contributed by atoms with Gasteiger partial charge in [0, 0.05) is 49.0 Å². The number of aryl methyl sites for hydroxylation is 2. The molecule has 0 bridgehead atoms. The number of amides is 3. The Labute approximate surface area is 265 Å². The van der Waals surface area contributed by atoms with Gasteiger partial charge in [-0.05, 0) is 87.1 Å². The van der Waals surface area contributed by atoms with E-state index in [1.54, 1.807) is 13.0 Å². The molecule has 3 amide bonds. The topological polar surface area (TPSA) is 108 Å². The maximum absolute atomic E-state index is 13.5. The summed E-state index contributed by atoms with van der Waals surface area (Å²) in [5.41, 5.74) is 4.52. The lowest BCUT2D eigenvalue weighted by Crippen LogP contribution is -2.40. The van der Waals surface area contributed by atoms with Gasteiger partial charge >= 0.3 is 12.4 Å². The van der Waals surface area contributed by atoms with Crippen LogP contribution in [0.3, 0.4) is 0 Å². The minimum atomic E-state index is -4.81. The lowest BCUT2D eigenvalue weighted by Gasteiger charge is -2.30. The summed E-state index contributed by atoms with van der Waals surface area (Å²) in [7, 11) is 4.03. The van der Waals surface area contributed by atoms with Gasteiger partial charge in [-0.25, -0.2) is 9.78 Å². The van der Waals surface area contributed by atoms with Crippen LogP contribution in [0.4, 0.5) is 40.8 Å². The summed E-state index contributed by atoms with van der Waals surface area (Å²) in [6.07, 6.45) is -1.55. The quantitative estimate of drug-likeness (QED) is 0.159. The number of aromatic nitrogens is 1. The molecule has 9 nitrogen and oxygen atoms in total. The molecule has 0 spiro atoms. The van der Waals surface area contributed by atoms with Gasteiger partial charge in [-0.1, -0.05) is 24.3 Å². The number of rotatable bonds is 8. The van der Waals surface area contributed by atoms with Crippen LogP contribution in [0.5, 0.6) is 5.75 Å². The molecule has 242 valence electrons. The molecule has 0 unspecified atom stereocenters. The molecule has 0 saturated heterocycles. The van der Waals surface area contributed by atoms with E-state index in [1.807, 2.05) is 45.3 Å².